The van der Waals surface area contributed by atoms with E-state index in [1.807, 2.05) is 30.3 Å². The largest absolute Gasteiger partial charge is 0.491 e. The standard InChI is InChI=1S/C26H33NO3/c1-25(2)13-21-14-26(3,17-25)18-27(21)15-22(28)16-30-23-11-9-20(10-12-23)24(29)19-7-5-4-6-8-19/h4-12,21-22,28H,13-18H2,1-3H3/t21-,22+,26-/m1/s1. The number of nitrogens with zero attached hydrogens (tertiary/aromatic N) is 1. The van der Waals surface area contributed by atoms with Crippen LogP contribution in [0.2, 0.25) is 0 Å². The highest BCUT2D eigenvalue weighted by Gasteiger charge is 2.49. The van der Waals surface area contributed by atoms with Gasteiger partial charge in [0.25, 0.3) is 0 Å². The molecule has 4 rings (SSSR count). The van der Waals surface area contributed by atoms with Crippen LogP contribution in [0.25, 0.3) is 0 Å². The second kappa shape index (κ2) is 8.16. The maximum atomic E-state index is 12.5. The Morgan fingerprint density at radius 1 is 1.07 bits per heavy atom. The van der Waals surface area contributed by atoms with E-state index in [0.717, 1.165) is 6.54 Å². The van der Waals surface area contributed by atoms with Crippen molar-refractivity contribution >= 4 is 5.78 Å². The van der Waals surface area contributed by atoms with E-state index in [9.17, 15) is 9.90 Å². The van der Waals surface area contributed by atoms with Gasteiger partial charge >= 0.3 is 0 Å². The predicted molar refractivity (Wildman–Crippen MR) is 119 cm³/mol. The number of fused-ring (bicyclic) bond motifs is 2. The molecule has 0 unspecified atom stereocenters. The minimum atomic E-state index is -0.526. The van der Waals surface area contributed by atoms with Crippen molar-refractivity contribution < 1.29 is 14.6 Å². The van der Waals surface area contributed by atoms with Gasteiger partial charge in [-0.15, -0.1) is 0 Å². The molecule has 1 aliphatic carbocycles. The number of carbonyl (C=O) groups is 1. The number of hydrogen-bond donors (Lipinski definition) is 1. The van der Waals surface area contributed by atoms with Crippen LogP contribution >= 0.6 is 0 Å². The van der Waals surface area contributed by atoms with Crippen molar-refractivity contribution in [2.75, 3.05) is 19.7 Å². The van der Waals surface area contributed by atoms with E-state index in [2.05, 4.69) is 25.7 Å². The Hall–Kier alpha value is -2.17. The molecular formula is C26H33NO3. The first-order chi connectivity index (χ1) is 14.2. The summed E-state index contributed by atoms with van der Waals surface area (Å²) in [5.74, 6) is 0.672. The van der Waals surface area contributed by atoms with Crippen LogP contribution in [0.5, 0.6) is 5.75 Å². The molecule has 0 radical (unpaired) electrons. The van der Waals surface area contributed by atoms with Crippen molar-refractivity contribution in [3.05, 3.63) is 65.7 Å². The van der Waals surface area contributed by atoms with Gasteiger partial charge in [-0.3, -0.25) is 9.69 Å². The predicted octanol–water partition coefficient (Wildman–Crippen LogP) is 4.56. The maximum Gasteiger partial charge on any atom is 0.193 e. The SMILES string of the molecule is CC1(C)C[C@@H]2C[C@@](C)(CN2C[C@H](O)COc2ccc(C(=O)c3ccccc3)cc2)C1. The molecule has 1 heterocycles. The molecule has 2 aliphatic rings. The summed E-state index contributed by atoms with van der Waals surface area (Å²) >= 11 is 0. The molecule has 1 N–H and O–H groups in total. The van der Waals surface area contributed by atoms with Gasteiger partial charge in [-0.2, -0.15) is 0 Å². The third-order valence-corrected chi connectivity index (χ3v) is 6.56. The molecule has 0 spiro atoms. The van der Waals surface area contributed by atoms with Crippen LogP contribution in [-0.2, 0) is 0 Å². The Morgan fingerprint density at radius 2 is 1.73 bits per heavy atom. The summed E-state index contributed by atoms with van der Waals surface area (Å²) in [6.07, 6.45) is 3.17. The smallest absolute Gasteiger partial charge is 0.193 e. The number of benzene rings is 2. The first-order valence-electron chi connectivity index (χ1n) is 11.0. The summed E-state index contributed by atoms with van der Waals surface area (Å²) in [6, 6.07) is 17.0. The zero-order valence-electron chi connectivity index (χ0n) is 18.3. The minimum absolute atomic E-state index is 0.00115. The number of aliphatic hydroxyl groups excluding tert-OH is 1. The lowest BCUT2D eigenvalue weighted by Gasteiger charge is -2.40. The van der Waals surface area contributed by atoms with Gasteiger partial charge in [-0.05, 0) is 54.4 Å². The van der Waals surface area contributed by atoms with E-state index in [1.165, 1.54) is 19.3 Å². The molecule has 160 valence electrons. The van der Waals surface area contributed by atoms with E-state index in [-0.39, 0.29) is 12.4 Å². The molecule has 0 aromatic heterocycles. The van der Waals surface area contributed by atoms with Crippen LogP contribution in [0.15, 0.2) is 54.6 Å². The lowest BCUT2D eigenvalue weighted by atomic mass is 9.65. The lowest BCUT2D eigenvalue weighted by molar-refractivity contribution is 0.0584. The van der Waals surface area contributed by atoms with Gasteiger partial charge in [0, 0.05) is 30.3 Å². The Bertz CT molecular complexity index is 877. The van der Waals surface area contributed by atoms with Crippen LogP contribution in [-0.4, -0.2) is 47.6 Å². The molecule has 2 fully saturated rings. The second-order valence-electron chi connectivity index (χ2n) is 10.3. The highest BCUT2D eigenvalue weighted by molar-refractivity contribution is 6.08. The van der Waals surface area contributed by atoms with Crippen molar-refractivity contribution in [2.45, 2.75) is 52.2 Å². The minimum Gasteiger partial charge on any atom is -0.491 e. The molecule has 2 bridgehead atoms. The monoisotopic (exact) mass is 407 g/mol. The Balaban J connectivity index is 1.29. The molecule has 1 saturated carbocycles. The molecule has 4 nitrogen and oxygen atoms in total. The van der Waals surface area contributed by atoms with Crippen molar-refractivity contribution in [1.29, 1.82) is 0 Å². The van der Waals surface area contributed by atoms with E-state index < -0.39 is 6.10 Å². The summed E-state index contributed by atoms with van der Waals surface area (Å²) in [6.45, 7) is 9.10. The number of ether oxygens (including phenoxy) is 1. The summed E-state index contributed by atoms with van der Waals surface area (Å²) in [7, 11) is 0. The van der Waals surface area contributed by atoms with Gasteiger partial charge in [-0.1, -0.05) is 51.1 Å². The fourth-order valence-corrected chi connectivity index (χ4v) is 5.76. The molecule has 30 heavy (non-hydrogen) atoms. The van der Waals surface area contributed by atoms with Crippen LogP contribution in [0.3, 0.4) is 0 Å². The zero-order valence-corrected chi connectivity index (χ0v) is 18.3. The van der Waals surface area contributed by atoms with Crippen LogP contribution in [0.4, 0.5) is 0 Å². The molecule has 1 saturated heterocycles. The summed E-state index contributed by atoms with van der Waals surface area (Å²) in [5.41, 5.74) is 2.06. The van der Waals surface area contributed by atoms with Gasteiger partial charge in [0.1, 0.15) is 18.5 Å². The van der Waals surface area contributed by atoms with Gasteiger partial charge in [0.05, 0.1) is 0 Å². The van der Waals surface area contributed by atoms with E-state index in [1.54, 1.807) is 24.3 Å². The third kappa shape index (κ3) is 4.76. The van der Waals surface area contributed by atoms with E-state index in [4.69, 9.17) is 4.74 Å². The van der Waals surface area contributed by atoms with Crippen molar-refractivity contribution in [3.8, 4) is 5.75 Å². The first kappa shape index (κ1) is 21.1. The number of β-amino-alcohol motifs (C(OH)–C–C–N with tert-alkyl or cyclic N) is 1. The number of hydrogen-bond acceptors (Lipinski definition) is 4. The Labute approximate surface area is 179 Å². The van der Waals surface area contributed by atoms with Crippen molar-refractivity contribution in [2.24, 2.45) is 10.8 Å². The molecule has 1 aliphatic heterocycles. The van der Waals surface area contributed by atoms with Crippen LogP contribution in [0.1, 0.15) is 56.0 Å². The van der Waals surface area contributed by atoms with E-state index >= 15 is 0 Å². The quantitative estimate of drug-likeness (QED) is 0.684. The number of rotatable bonds is 7. The highest BCUT2D eigenvalue weighted by Crippen LogP contribution is 2.52. The molecule has 2 aromatic carbocycles. The fraction of sp³-hybridized carbons (Fsp3) is 0.500. The van der Waals surface area contributed by atoms with Gasteiger partial charge in [0.2, 0.25) is 0 Å². The van der Waals surface area contributed by atoms with Gasteiger partial charge in [0.15, 0.2) is 5.78 Å². The topological polar surface area (TPSA) is 49.8 Å². The first-order valence-corrected chi connectivity index (χ1v) is 11.0. The molecule has 3 atom stereocenters. The van der Waals surface area contributed by atoms with Gasteiger partial charge < -0.3 is 9.84 Å². The molecule has 0 amide bonds. The van der Waals surface area contributed by atoms with Gasteiger partial charge in [-0.25, -0.2) is 0 Å². The highest BCUT2D eigenvalue weighted by atomic mass is 16.5. The molecule has 2 aromatic rings. The zero-order chi connectivity index (χ0) is 21.4. The van der Waals surface area contributed by atoms with Crippen molar-refractivity contribution in [1.82, 2.24) is 4.90 Å². The van der Waals surface area contributed by atoms with E-state index in [0.29, 0.717) is 40.3 Å². The number of aliphatic hydroxyl groups is 1. The number of likely N-dealkylation sites (tertiary alicyclic amines) is 1. The number of ketones is 1. The molecular weight excluding hydrogens is 374 g/mol. The van der Waals surface area contributed by atoms with Crippen LogP contribution < -0.4 is 4.74 Å². The fourth-order valence-electron chi connectivity index (χ4n) is 5.76. The lowest BCUT2D eigenvalue weighted by Crippen LogP contribution is -2.39. The summed E-state index contributed by atoms with van der Waals surface area (Å²) in [5, 5.41) is 10.6. The Kier molecular flexibility index (Phi) is 5.73. The summed E-state index contributed by atoms with van der Waals surface area (Å²) in [4.78, 5) is 15.0. The summed E-state index contributed by atoms with van der Waals surface area (Å²) < 4.78 is 5.81. The average Bonchev–Trinajstić information content (AvgIpc) is 2.94. The number of carbonyl (C=O) groups excluding carboxylic acids is 1. The normalized spacial score (nSPS) is 26.3. The molecule has 4 heteroatoms. The maximum absolute atomic E-state index is 12.5. The Morgan fingerprint density at radius 3 is 2.43 bits per heavy atom. The van der Waals surface area contributed by atoms with Crippen LogP contribution in [0, 0.1) is 10.8 Å². The van der Waals surface area contributed by atoms with Crippen molar-refractivity contribution in [3.63, 3.8) is 0 Å². The average molecular weight is 408 g/mol. The third-order valence-electron chi connectivity index (χ3n) is 6.56. The second-order valence-corrected chi connectivity index (χ2v) is 10.3.